The average Bonchev–Trinajstić information content (AvgIpc) is 2.94. The molecule has 3 N–H and O–H groups in total. The number of aromatic amines is 1. The van der Waals surface area contributed by atoms with Crippen LogP contribution in [0, 0.1) is 12.8 Å². The number of H-pyrrole nitrogens is 1. The summed E-state index contributed by atoms with van der Waals surface area (Å²) in [6.07, 6.45) is 1.08. The number of nitrogens with one attached hydrogen (secondary N) is 1. The third kappa shape index (κ3) is 2.96. The number of rotatable bonds is 2. The molecule has 6 heteroatoms. The summed E-state index contributed by atoms with van der Waals surface area (Å²) in [4.78, 5) is 6.81. The lowest BCUT2D eigenvalue weighted by molar-refractivity contribution is 0.376. The first-order chi connectivity index (χ1) is 10.0. The Labute approximate surface area is 133 Å². The molecule has 0 aliphatic carbocycles. The number of aromatic nitrogens is 3. The van der Waals surface area contributed by atoms with Gasteiger partial charge >= 0.3 is 0 Å². The van der Waals surface area contributed by atoms with Crippen molar-refractivity contribution >= 4 is 21.9 Å². The van der Waals surface area contributed by atoms with E-state index in [4.69, 9.17) is 5.73 Å². The fraction of sp³-hybridized carbons (Fsp3) is 0.467. The van der Waals surface area contributed by atoms with Gasteiger partial charge in [0.05, 0.1) is 0 Å². The quantitative estimate of drug-likeness (QED) is 0.874. The number of nitrogens with zero attached hydrogens (tertiary/aromatic N) is 3. The first-order valence-corrected chi connectivity index (χ1v) is 8.03. The van der Waals surface area contributed by atoms with Crippen LogP contribution in [0.5, 0.6) is 0 Å². The van der Waals surface area contributed by atoms with Crippen LogP contribution in [-0.2, 0) is 0 Å². The Morgan fingerprint density at radius 1 is 1.43 bits per heavy atom. The molecule has 2 aromatic rings. The highest BCUT2D eigenvalue weighted by Crippen LogP contribution is 2.26. The van der Waals surface area contributed by atoms with E-state index in [-0.39, 0.29) is 6.04 Å². The third-order valence-corrected chi connectivity index (χ3v) is 4.72. The summed E-state index contributed by atoms with van der Waals surface area (Å²) < 4.78 is 1.04. The second-order valence-electron chi connectivity index (χ2n) is 5.82. The van der Waals surface area contributed by atoms with E-state index in [2.05, 4.69) is 62.0 Å². The average molecular weight is 350 g/mol. The lowest BCUT2D eigenvalue weighted by Crippen LogP contribution is -2.48. The maximum Gasteiger partial charge on any atom is 0.245 e. The van der Waals surface area contributed by atoms with Gasteiger partial charge in [0, 0.05) is 29.2 Å². The van der Waals surface area contributed by atoms with E-state index in [0.717, 1.165) is 41.3 Å². The Kier molecular flexibility index (Phi) is 3.99. The van der Waals surface area contributed by atoms with Crippen LogP contribution < -0.4 is 10.6 Å². The van der Waals surface area contributed by atoms with Gasteiger partial charge in [-0.25, -0.2) is 0 Å². The first-order valence-electron chi connectivity index (χ1n) is 7.24. The zero-order valence-corrected chi connectivity index (χ0v) is 13.9. The van der Waals surface area contributed by atoms with E-state index >= 15 is 0 Å². The summed E-state index contributed by atoms with van der Waals surface area (Å²) in [6.45, 7) is 6.05. The van der Waals surface area contributed by atoms with Crippen molar-refractivity contribution in [1.82, 2.24) is 15.2 Å². The molecule has 0 amide bonds. The molecule has 0 bridgehead atoms. The molecule has 5 nitrogen and oxygen atoms in total. The molecular weight excluding hydrogens is 330 g/mol. The SMILES string of the molecule is Cc1ccc(Br)cc1-c1nc(N2CCC(C)C(N)C2)n[nH]1. The lowest BCUT2D eigenvalue weighted by atomic mass is 9.95. The van der Waals surface area contributed by atoms with Crippen LogP contribution >= 0.6 is 15.9 Å². The van der Waals surface area contributed by atoms with Gasteiger partial charge in [-0.05, 0) is 37.0 Å². The van der Waals surface area contributed by atoms with E-state index in [9.17, 15) is 0 Å². The van der Waals surface area contributed by atoms with Crippen molar-refractivity contribution in [2.75, 3.05) is 18.0 Å². The topological polar surface area (TPSA) is 70.8 Å². The first kappa shape index (κ1) is 14.5. The molecule has 1 aromatic heterocycles. The minimum absolute atomic E-state index is 0.188. The summed E-state index contributed by atoms with van der Waals surface area (Å²) >= 11 is 3.50. The molecule has 0 radical (unpaired) electrons. The van der Waals surface area contributed by atoms with Crippen molar-refractivity contribution in [3.63, 3.8) is 0 Å². The molecule has 1 saturated heterocycles. The fourth-order valence-electron chi connectivity index (χ4n) is 2.65. The summed E-state index contributed by atoms with van der Waals surface area (Å²) in [7, 11) is 0. The summed E-state index contributed by atoms with van der Waals surface area (Å²) in [5, 5.41) is 7.41. The molecule has 1 aromatic carbocycles. The van der Waals surface area contributed by atoms with Gasteiger partial charge < -0.3 is 10.6 Å². The van der Waals surface area contributed by atoms with Crippen LogP contribution in [0.25, 0.3) is 11.4 Å². The van der Waals surface area contributed by atoms with Crippen molar-refractivity contribution in [3.8, 4) is 11.4 Å². The Morgan fingerprint density at radius 2 is 2.24 bits per heavy atom. The minimum atomic E-state index is 0.188. The summed E-state index contributed by atoms with van der Waals surface area (Å²) in [5.74, 6) is 2.11. The molecule has 1 aliphatic rings. The standard InChI is InChI=1S/C15H20BrN5/c1-9-3-4-11(16)7-12(9)14-18-15(20-19-14)21-6-5-10(2)13(17)8-21/h3-4,7,10,13H,5-6,8,17H2,1-2H3,(H,18,19,20). The molecule has 21 heavy (non-hydrogen) atoms. The molecule has 0 saturated carbocycles. The van der Waals surface area contributed by atoms with E-state index < -0.39 is 0 Å². The molecule has 1 aliphatic heterocycles. The normalized spacial score (nSPS) is 22.6. The van der Waals surface area contributed by atoms with E-state index in [1.165, 1.54) is 5.56 Å². The maximum atomic E-state index is 6.15. The number of hydrogen-bond acceptors (Lipinski definition) is 4. The smallest absolute Gasteiger partial charge is 0.245 e. The van der Waals surface area contributed by atoms with Gasteiger partial charge in [0.2, 0.25) is 5.95 Å². The van der Waals surface area contributed by atoms with E-state index in [1.807, 2.05) is 6.07 Å². The number of anilines is 1. The van der Waals surface area contributed by atoms with Gasteiger partial charge in [0.1, 0.15) is 0 Å². The van der Waals surface area contributed by atoms with Crippen LogP contribution in [0.3, 0.4) is 0 Å². The number of piperidine rings is 1. The van der Waals surface area contributed by atoms with Crippen molar-refractivity contribution in [2.24, 2.45) is 11.7 Å². The molecule has 1 fully saturated rings. The number of nitrogens with two attached hydrogens (primary N) is 1. The fourth-order valence-corrected chi connectivity index (χ4v) is 3.01. The second kappa shape index (κ2) is 5.77. The van der Waals surface area contributed by atoms with Gasteiger partial charge in [-0.15, -0.1) is 5.10 Å². The van der Waals surface area contributed by atoms with E-state index in [0.29, 0.717) is 5.92 Å². The van der Waals surface area contributed by atoms with Crippen LogP contribution in [0.4, 0.5) is 5.95 Å². The van der Waals surface area contributed by atoms with Crippen LogP contribution in [0.1, 0.15) is 18.9 Å². The van der Waals surface area contributed by atoms with Crippen molar-refractivity contribution in [3.05, 3.63) is 28.2 Å². The molecule has 3 rings (SSSR count). The highest BCUT2D eigenvalue weighted by atomic mass is 79.9. The highest BCUT2D eigenvalue weighted by molar-refractivity contribution is 9.10. The zero-order chi connectivity index (χ0) is 15.0. The minimum Gasteiger partial charge on any atom is -0.338 e. The van der Waals surface area contributed by atoms with Gasteiger partial charge in [-0.1, -0.05) is 28.9 Å². The number of halogens is 1. The molecular formula is C15H20BrN5. The van der Waals surface area contributed by atoms with Crippen LogP contribution in [-0.4, -0.2) is 34.3 Å². The van der Waals surface area contributed by atoms with E-state index in [1.54, 1.807) is 0 Å². The Morgan fingerprint density at radius 3 is 3.00 bits per heavy atom. The second-order valence-corrected chi connectivity index (χ2v) is 6.73. The van der Waals surface area contributed by atoms with Gasteiger partial charge in [-0.2, -0.15) is 4.98 Å². The highest BCUT2D eigenvalue weighted by Gasteiger charge is 2.25. The Balaban J connectivity index is 1.85. The number of benzene rings is 1. The number of aryl methyl sites for hydroxylation is 1. The molecule has 112 valence electrons. The summed E-state index contributed by atoms with van der Waals surface area (Å²) in [5.41, 5.74) is 8.39. The Hall–Kier alpha value is -1.40. The zero-order valence-electron chi connectivity index (χ0n) is 12.3. The van der Waals surface area contributed by atoms with Gasteiger partial charge in [0.25, 0.3) is 0 Å². The lowest BCUT2D eigenvalue weighted by Gasteiger charge is -2.34. The molecule has 0 spiro atoms. The third-order valence-electron chi connectivity index (χ3n) is 4.23. The maximum absolute atomic E-state index is 6.15. The van der Waals surface area contributed by atoms with Gasteiger partial charge in [0.15, 0.2) is 5.82 Å². The van der Waals surface area contributed by atoms with Crippen LogP contribution in [0.15, 0.2) is 22.7 Å². The van der Waals surface area contributed by atoms with Crippen molar-refractivity contribution in [2.45, 2.75) is 26.3 Å². The van der Waals surface area contributed by atoms with Gasteiger partial charge in [-0.3, -0.25) is 5.10 Å². The molecule has 2 atom stereocenters. The Bertz CT molecular complexity index is 639. The predicted molar refractivity (Wildman–Crippen MR) is 88.2 cm³/mol. The number of hydrogen-bond donors (Lipinski definition) is 2. The summed E-state index contributed by atoms with van der Waals surface area (Å²) in [6, 6.07) is 6.35. The predicted octanol–water partition coefficient (Wildman–Crippen LogP) is 2.72. The van der Waals surface area contributed by atoms with Crippen molar-refractivity contribution < 1.29 is 0 Å². The monoisotopic (exact) mass is 349 g/mol. The van der Waals surface area contributed by atoms with Crippen LogP contribution in [0.2, 0.25) is 0 Å². The molecule has 2 heterocycles. The molecule has 2 unspecified atom stereocenters. The van der Waals surface area contributed by atoms with Crippen molar-refractivity contribution in [1.29, 1.82) is 0 Å². The largest absolute Gasteiger partial charge is 0.338 e.